The number of nitrogens with zero attached hydrogens (tertiary/aromatic N) is 1. The van der Waals surface area contributed by atoms with Crippen molar-refractivity contribution in [3.05, 3.63) is 35.4 Å². The minimum atomic E-state index is -0.410. The monoisotopic (exact) mass is 316 g/mol. The van der Waals surface area contributed by atoms with E-state index in [9.17, 15) is 9.59 Å². The lowest BCUT2D eigenvalue weighted by molar-refractivity contribution is 0.0495. The summed E-state index contributed by atoms with van der Waals surface area (Å²) in [6, 6.07) is 6.80. The molecule has 1 aromatic carbocycles. The van der Waals surface area contributed by atoms with Crippen LogP contribution in [0.5, 0.6) is 0 Å². The van der Waals surface area contributed by atoms with Crippen LogP contribution >= 0.6 is 0 Å². The number of carbonyl (C=O) groups is 2. The molecule has 0 bridgehead atoms. The summed E-state index contributed by atoms with van der Waals surface area (Å²) < 4.78 is 4.72. The van der Waals surface area contributed by atoms with Crippen LogP contribution in [0.25, 0.3) is 0 Å². The van der Waals surface area contributed by atoms with Crippen molar-refractivity contribution >= 4 is 11.9 Å². The first-order chi connectivity index (χ1) is 11.1. The van der Waals surface area contributed by atoms with Crippen molar-refractivity contribution in [3.8, 4) is 0 Å². The van der Waals surface area contributed by atoms with Gasteiger partial charge in [0.1, 0.15) is 0 Å². The van der Waals surface area contributed by atoms with Crippen LogP contribution in [-0.4, -0.2) is 50.1 Å². The Labute approximate surface area is 137 Å². The zero-order valence-corrected chi connectivity index (χ0v) is 13.6. The molecule has 0 radical (unpaired) electrons. The Morgan fingerprint density at radius 2 is 1.74 bits per heavy atom. The van der Waals surface area contributed by atoms with Gasteiger partial charge in [0.15, 0.2) is 0 Å². The summed E-state index contributed by atoms with van der Waals surface area (Å²) in [5.74, 6) is -0.397. The van der Waals surface area contributed by atoms with E-state index in [0.29, 0.717) is 16.5 Å². The van der Waals surface area contributed by atoms with Crippen molar-refractivity contribution in [1.29, 1.82) is 0 Å². The summed E-state index contributed by atoms with van der Waals surface area (Å²) in [4.78, 5) is 26.2. The molecule has 1 amide bonds. The first-order valence-electron chi connectivity index (χ1n) is 8.32. The van der Waals surface area contributed by atoms with Crippen LogP contribution in [0, 0.1) is 5.41 Å². The number of nitrogens with one attached hydrogen (secondary N) is 1. The van der Waals surface area contributed by atoms with E-state index in [1.54, 1.807) is 24.3 Å². The smallest absolute Gasteiger partial charge is 0.337 e. The number of hydrogen-bond donors (Lipinski definition) is 1. The van der Waals surface area contributed by atoms with Crippen LogP contribution < -0.4 is 5.32 Å². The molecule has 5 nitrogen and oxygen atoms in total. The lowest BCUT2D eigenvalue weighted by Crippen LogP contribution is -2.47. The molecule has 1 spiro atoms. The summed E-state index contributed by atoms with van der Waals surface area (Å²) in [5, 5.41) is 3.41. The number of benzene rings is 1. The first kappa shape index (κ1) is 16.0. The van der Waals surface area contributed by atoms with Crippen LogP contribution in [0.3, 0.4) is 0 Å². The molecule has 2 aliphatic rings. The SMILES string of the molecule is COC(=O)c1cccc(C(=O)N2CCC3(CCNCC3)CC2)c1. The topological polar surface area (TPSA) is 58.6 Å². The number of likely N-dealkylation sites (tertiary alicyclic amines) is 1. The molecule has 0 saturated carbocycles. The van der Waals surface area contributed by atoms with E-state index in [-0.39, 0.29) is 5.91 Å². The molecule has 0 atom stereocenters. The molecule has 1 N–H and O–H groups in total. The van der Waals surface area contributed by atoms with E-state index in [1.807, 2.05) is 4.90 Å². The van der Waals surface area contributed by atoms with E-state index >= 15 is 0 Å². The maximum atomic E-state index is 12.7. The Morgan fingerprint density at radius 1 is 1.09 bits per heavy atom. The van der Waals surface area contributed by atoms with Gasteiger partial charge in [-0.05, 0) is 62.4 Å². The third kappa shape index (κ3) is 3.39. The Balaban J connectivity index is 1.66. The number of esters is 1. The molecule has 2 fully saturated rings. The molecule has 124 valence electrons. The Kier molecular flexibility index (Phi) is 4.66. The minimum Gasteiger partial charge on any atom is -0.465 e. The van der Waals surface area contributed by atoms with Gasteiger partial charge in [-0.3, -0.25) is 4.79 Å². The second-order valence-corrected chi connectivity index (χ2v) is 6.61. The van der Waals surface area contributed by atoms with Crippen molar-refractivity contribution in [2.24, 2.45) is 5.41 Å². The van der Waals surface area contributed by atoms with Gasteiger partial charge in [0.2, 0.25) is 0 Å². The van der Waals surface area contributed by atoms with Crippen molar-refractivity contribution in [2.45, 2.75) is 25.7 Å². The fourth-order valence-corrected chi connectivity index (χ4v) is 3.72. The maximum absolute atomic E-state index is 12.7. The van der Waals surface area contributed by atoms with Crippen molar-refractivity contribution in [1.82, 2.24) is 10.2 Å². The van der Waals surface area contributed by atoms with Gasteiger partial charge in [0.25, 0.3) is 5.91 Å². The van der Waals surface area contributed by atoms with E-state index in [2.05, 4.69) is 5.32 Å². The third-order valence-corrected chi connectivity index (χ3v) is 5.31. The lowest BCUT2D eigenvalue weighted by atomic mass is 9.71. The number of piperidine rings is 2. The standard InChI is InChI=1S/C18H24N2O3/c1-23-17(22)15-4-2-3-14(13-15)16(21)20-11-7-18(8-12-20)5-9-19-10-6-18/h2-4,13,19H,5-12H2,1H3. The van der Waals surface area contributed by atoms with Gasteiger partial charge >= 0.3 is 5.97 Å². The molecule has 0 unspecified atom stereocenters. The average molecular weight is 316 g/mol. The molecule has 0 aliphatic carbocycles. The number of methoxy groups -OCH3 is 1. The molecule has 1 aromatic rings. The molecule has 5 heteroatoms. The number of carbonyl (C=O) groups excluding carboxylic acids is 2. The van der Waals surface area contributed by atoms with Crippen molar-refractivity contribution in [3.63, 3.8) is 0 Å². The number of ether oxygens (including phenoxy) is 1. The van der Waals surface area contributed by atoms with Gasteiger partial charge in [-0.15, -0.1) is 0 Å². The average Bonchev–Trinajstić information content (AvgIpc) is 2.62. The minimum absolute atomic E-state index is 0.0135. The second-order valence-electron chi connectivity index (χ2n) is 6.61. The summed E-state index contributed by atoms with van der Waals surface area (Å²) in [6.07, 6.45) is 4.59. The zero-order chi connectivity index (χ0) is 16.3. The predicted octanol–water partition coefficient (Wildman–Crippen LogP) is 2.08. The van der Waals surface area contributed by atoms with Crippen LogP contribution in [0.4, 0.5) is 0 Å². The maximum Gasteiger partial charge on any atom is 0.337 e. The molecule has 2 heterocycles. The fourth-order valence-electron chi connectivity index (χ4n) is 3.72. The Hall–Kier alpha value is -1.88. The summed E-state index contributed by atoms with van der Waals surface area (Å²) in [6.45, 7) is 3.80. The molecule has 3 rings (SSSR count). The summed E-state index contributed by atoms with van der Waals surface area (Å²) in [5.41, 5.74) is 1.41. The largest absolute Gasteiger partial charge is 0.465 e. The van der Waals surface area contributed by atoms with Crippen LogP contribution in [0.2, 0.25) is 0 Å². The van der Waals surface area contributed by atoms with Crippen molar-refractivity contribution < 1.29 is 14.3 Å². The molecular weight excluding hydrogens is 292 g/mol. The highest BCUT2D eigenvalue weighted by Crippen LogP contribution is 2.39. The molecule has 2 saturated heterocycles. The highest BCUT2D eigenvalue weighted by molar-refractivity contribution is 5.97. The van der Waals surface area contributed by atoms with E-state index in [4.69, 9.17) is 4.74 Å². The van der Waals surface area contributed by atoms with Gasteiger partial charge in [-0.2, -0.15) is 0 Å². The summed E-state index contributed by atoms with van der Waals surface area (Å²) >= 11 is 0. The number of amides is 1. The van der Waals surface area contributed by atoms with Crippen LogP contribution in [-0.2, 0) is 4.74 Å². The highest BCUT2D eigenvalue weighted by atomic mass is 16.5. The third-order valence-electron chi connectivity index (χ3n) is 5.31. The molecule has 2 aliphatic heterocycles. The first-order valence-corrected chi connectivity index (χ1v) is 8.32. The van der Waals surface area contributed by atoms with Crippen LogP contribution in [0.15, 0.2) is 24.3 Å². The van der Waals surface area contributed by atoms with Gasteiger partial charge in [0.05, 0.1) is 12.7 Å². The highest BCUT2D eigenvalue weighted by Gasteiger charge is 2.36. The predicted molar refractivity (Wildman–Crippen MR) is 87.5 cm³/mol. The Bertz CT molecular complexity index is 584. The Morgan fingerprint density at radius 3 is 2.39 bits per heavy atom. The van der Waals surface area contributed by atoms with E-state index in [1.165, 1.54) is 20.0 Å². The van der Waals surface area contributed by atoms with Crippen LogP contribution in [0.1, 0.15) is 46.4 Å². The summed E-state index contributed by atoms with van der Waals surface area (Å²) in [7, 11) is 1.35. The number of hydrogen-bond acceptors (Lipinski definition) is 4. The second kappa shape index (κ2) is 6.71. The van der Waals surface area contributed by atoms with Gasteiger partial charge in [0, 0.05) is 18.7 Å². The normalized spacial score (nSPS) is 20.3. The van der Waals surface area contributed by atoms with E-state index in [0.717, 1.165) is 39.0 Å². The number of rotatable bonds is 2. The molecule has 23 heavy (non-hydrogen) atoms. The van der Waals surface area contributed by atoms with E-state index < -0.39 is 5.97 Å². The molecular formula is C18H24N2O3. The molecule has 0 aromatic heterocycles. The lowest BCUT2D eigenvalue weighted by Gasteiger charge is -2.44. The van der Waals surface area contributed by atoms with Gasteiger partial charge in [-0.25, -0.2) is 4.79 Å². The van der Waals surface area contributed by atoms with Crippen molar-refractivity contribution in [2.75, 3.05) is 33.3 Å². The van der Waals surface area contributed by atoms with Gasteiger partial charge in [-0.1, -0.05) is 6.07 Å². The zero-order valence-electron chi connectivity index (χ0n) is 13.6. The fraction of sp³-hybridized carbons (Fsp3) is 0.556. The quantitative estimate of drug-likeness (QED) is 0.849. The van der Waals surface area contributed by atoms with Gasteiger partial charge < -0.3 is 15.0 Å².